The molecule has 0 radical (unpaired) electrons. The van der Waals surface area contributed by atoms with Gasteiger partial charge in [-0.3, -0.25) is 10.1 Å². The van der Waals surface area contributed by atoms with E-state index in [1.807, 2.05) is 6.92 Å². The molecule has 6 heteroatoms. The van der Waals surface area contributed by atoms with Gasteiger partial charge in [0.05, 0.1) is 0 Å². The van der Waals surface area contributed by atoms with Gasteiger partial charge in [-0.05, 0) is 55.0 Å². The van der Waals surface area contributed by atoms with E-state index in [1.165, 1.54) is 18.2 Å². The van der Waals surface area contributed by atoms with E-state index in [9.17, 15) is 9.18 Å². The van der Waals surface area contributed by atoms with Crippen LogP contribution in [0, 0.1) is 12.7 Å². The van der Waals surface area contributed by atoms with Crippen molar-refractivity contribution in [3.05, 3.63) is 64.4 Å². The van der Waals surface area contributed by atoms with E-state index in [-0.39, 0.29) is 10.7 Å². The zero-order chi connectivity index (χ0) is 15.4. The van der Waals surface area contributed by atoms with E-state index in [0.29, 0.717) is 10.7 Å². The van der Waals surface area contributed by atoms with Crippen molar-refractivity contribution in [2.24, 2.45) is 0 Å². The largest absolute Gasteiger partial charge is 0.332 e. The summed E-state index contributed by atoms with van der Waals surface area (Å²) in [6, 6.07) is 10.7. The third-order valence-corrected chi connectivity index (χ3v) is 3.44. The number of anilines is 1. The monoisotopic (exact) mass is 322 g/mol. The molecule has 0 aliphatic carbocycles. The number of amides is 1. The van der Waals surface area contributed by atoms with Crippen molar-refractivity contribution in [1.29, 1.82) is 0 Å². The maximum Gasteiger partial charge on any atom is 0.257 e. The van der Waals surface area contributed by atoms with Crippen molar-refractivity contribution >= 4 is 40.5 Å². The number of halogens is 2. The molecule has 1 amide bonds. The Morgan fingerprint density at radius 2 is 1.95 bits per heavy atom. The van der Waals surface area contributed by atoms with Crippen LogP contribution in [-0.4, -0.2) is 11.0 Å². The summed E-state index contributed by atoms with van der Waals surface area (Å²) in [4.78, 5) is 11.9. The molecule has 2 rings (SSSR count). The predicted octanol–water partition coefficient (Wildman–Crippen LogP) is 3.91. The summed E-state index contributed by atoms with van der Waals surface area (Å²) in [6.07, 6.45) is 0. The lowest BCUT2D eigenvalue weighted by molar-refractivity contribution is 0.0977. The second-order valence-electron chi connectivity index (χ2n) is 4.33. The Labute approximate surface area is 132 Å². The van der Waals surface area contributed by atoms with Crippen LogP contribution in [0.15, 0.2) is 42.5 Å². The first-order valence-electron chi connectivity index (χ1n) is 6.10. The molecule has 0 bridgehead atoms. The SMILES string of the molecule is Cc1c(Cl)cccc1NC(=S)NC(=O)c1cccc(F)c1. The fourth-order valence-electron chi connectivity index (χ4n) is 1.70. The van der Waals surface area contributed by atoms with E-state index in [1.54, 1.807) is 18.2 Å². The molecule has 0 saturated heterocycles. The van der Waals surface area contributed by atoms with Crippen LogP contribution in [0.1, 0.15) is 15.9 Å². The maximum absolute atomic E-state index is 13.1. The minimum absolute atomic E-state index is 0.120. The number of benzene rings is 2. The molecule has 108 valence electrons. The summed E-state index contributed by atoms with van der Waals surface area (Å²) in [6.45, 7) is 1.83. The Morgan fingerprint density at radius 1 is 1.24 bits per heavy atom. The normalized spacial score (nSPS) is 10.0. The van der Waals surface area contributed by atoms with E-state index in [4.69, 9.17) is 23.8 Å². The summed E-state index contributed by atoms with van der Waals surface area (Å²) >= 11 is 11.1. The smallest absolute Gasteiger partial charge is 0.257 e. The van der Waals surface area contributed by atoms with Gasteiger partial charge in [-0.2, -0.15) is 0 Å². The van der Waals surface area contributed by atoms with Gasteiger partial charge in [0.25, 0.3) is 5.91 Å². The summed E-state index contributed by atoms with van der Waals surface area (Å²) in [5, 5.41) is 6.09. The molecule has 21 heavy (non-hydrogen) atoms. The molecular formula is C15H12ClFN2OS. The fraction of sp³-hybridized carbons (Fsp3) is 0.0667. The lowest BCUT2D eigenvalue weighted by atomic mass is 10.2. The van der Waals surface area contributed by atoms with E-state index >= 15 is 0 Å². The molecule has 0 unspecified atom stereocenters. The van der Waals surface area contributed by atoms with Gasteiger partial charge >= 0.3 is 0 Å². The molecule has 0 atom stereocenters. The number of hydrogen-bond acceptors (Lipinski definition) is 2. The lowest BCUT2D eigenvalue weighted by Crippen LogP contribution is -2.34. The van der Waals surface area contributed by atoms with Crippen molar-refractivity contribution in [1.82, 2.24) is 5.32 Å². The van der Waals surface area contributed by atoms with Crippen LogP contribution in [0.5, 0.6) is 0 Å². The Morgan fingerprint density at radius 3 is 2.67 bits per heavy atom. The molecule has 0 aromatic heterocycles. The Hall–Kier alpha value is -1.98. The van der Waals surface area contributed by atoms with Crippen molar-refractivity contribution < 1.29 is 9.18 Å². The number of hydrogen-bond donors (Lipinski definition) is 2. The van der Waals surface area contributed by atoms with Crippen LogP contribution in [0.3, 0.4) is 0 Å². The number of carbonyl (C=O) groups excluding carboxylic acids is 1. The Bertz CT molecular complexity index is 706. The average Bonchev–Trinajstić information content (AvgIpc) is 2.44. The Kier molecular flexibility index (Phi) is 4.88. The zero-order valence-electron chi connectivity index (χ0n) is 11.1. The molecule has 2 aromatic rings. The van der Waals surface area contributed by atoms with Gasteiger partial charge in [-0.15, -0.1) is 0 Å². The highest BCUT2D eigenvalue weighted by atomic mass is 35.5. The van der Waals surface area contributed by atoms with Gasteiger partial charge < -0.3 is 5.32 Å². The first kappa shape index (κ1) is 15.4. The predicted molar refractivity (Wildman–Crippen MR) is 86.3 cm³/mol. The molecule has 0 fully saturated rings. The van der Waals surface area contributed by atoms with Crippen molar-refractivity contribution in [3.8, 4) is 0 Å². The average molecular weight is 323 g/mol. The molecule has 0 aliphatic rings. The van der Waals surface area contributed by atoms with Crippen molar-refractivity contribution in [2.45, 2.75) is 6.92 Å². The number of carbonyl (C=O) groups is 1. The van der Waals surface area contributed by atoms with Gasteiger partial charge in [0.15, 0.2) is 5.11 Å². The first-order chi connectivity index (χ1) is 9.97. The van der Waals surface area contributed by atoms with Crippen LogP contribution in [0.4, 0.5) is 10.1 Å². The quantitative estimate of drug-likeness (QED) is 0.824. The fourth-order valence-corrected chi connectivity index (χ4v) is 2.08. The minimum Gasteiger partial charge on any atom is -0.332 e. The zero-order valence-corrected chi connectivity index (χ0v) is 12.7. The highest BCUT2D eigenvalue weighted by Crippen LogP contribution is 2.22. The van der Waals surface area contributed by atoms with E-state index in [0.717, 1.165) is 11.6 Å². The molecule has 3 nitrogen and oxygen atoms in total. The number of rotatable bonds is 2. The topological polar surface area (TPSA) is 41.1 Å². The highest BCUT2D eigenvalue weighted by Gasteiger charge is 2.10. The van der Waals surface area contributed by atoms with E-state index in [2.05, 4.69) is 10.6 Å². The lowest BCUT2D eigenvalue weighted by Gasteiger charge is -2.12. The molecular weight excluding hydrogens is 311 g/mol. The first-order valence-corrected chi connectivity index (χ1v) is 6.89. The molecule has 2 N–H and O–H groups in total. The molecule has 0 aliphatic heterocycles. The van der Waals surface area contributed by atoms with Crippen LogP contribution >= 0.6 is 23.8 Å². The summed E-state index contributed by atoms with van der Waals surface area (Å²) in [5.41, 5.74) is 1.72. The van der Waals surface area contributed by atoms with Crippen molar-refractivity contribution in [3.63, 3.8) is 0 Å². The second-order valence-corrected chi connectivity index (χ2v) is 5.15. The van der Waals surface area contributed by atoms with Gasteiger partial charge in [0.2, 0.25) is 0 Å². The molecule has 0 spiro atoms. The Balaban J connectivity index is 2.05. The van der Waals surface area contributed by atoms with Crippen LogP contribution in [0.25, 0.3) is 0 Å². The van der Waals surface area contributed by atoms with Gasteiger partial charge in [0, 0.05) is 16.3 Å². The standard InChI is InChI=1S/C15H12ClFN2OS/c1-9-12(16)6-3-7-13(9)18-15(21)19-14(20)10-4-2-5-11(17)8-10/h2-8H,1H3,(H2,18,19,20,21). The van der Waals surface area contributed by atoms with Gasteiger partial charge in [-0.1, -0.05) is 23.7 Å². The van der Waals surface area contributed by atoms with Crippen LogP contribution in [-0.2, 0) is 0 Å². The maximum atomic E-state index is 13.1. The summed E-state index contributed by atoms with van der Waals surface area (Å²) < 4.78 is 13.1. The van der Waals surface area contributed by atoms with Crippen LogP contribution < -0.4 is 10.6 Å². The number of nitrogens with one attached hydrogen (secondary N) is 2. The molecule has 2 aromatic carbocycles. The molecule has 0 saturated carbocycles. The van der Waals surface area contributed by atoms with Gasteiger partial charge in [-0.25, -0.2) is 4.39 Å². The summed E-state index contributed by atoms with van der Waals surface area (Å²) in [7, 11) is 0. The van der Waals surface area contributed by atoms with Crippen LogP contribution in [0.2, 0.25) is 5.02 Å². The third kappa shape index (κ3) is 4.00. The molecule has 0 heterocycles. The van der Waals surface area contributed by atoms with Gasteiger partial charge in [0.1, 0.15) is 5.82 Å². The number of thiocarbonyl (C=S) groups is 1. The second kappa shape index (κ2) is 6.65. The minimum atomic E-state index is -0.480. The summed E-state index contributed by atoms with van der Waals surface area (Å²) in [5.74, 6) is -0.959. The van der Waals surface area contributed by atoms with Crippen molar-refractivity contribution in [2.75, 3.05) is 5.32 Å². The van der Waals surface area contributed by atoms with E-state index < -0.39 is 11.7 Å². The third-order valence-electron chi connectivity index (χ3n) is 2.83. The highest BCUT2D eigenvalue weighted by molar-refractivity contribution is 7.80.